The molecule has 0 aromatic heterocycles. The van der Waals surface area contributed by atoms with Crippen molar-refractivity contribution in [3.05, 3.63) is 0 Å². The molecule has 98 valence electrons. The number of hydrogen-bond acceptors (Lipinski definition) is 5. The van der Waals surface area contributed by atoms with Crippen molar-refractivity contribution in [3.8, 4) is 0 Å². The molecule has 0 bridgehead atoms. The summed E-state index contributed by atoms with van der Waals surface area (Å²) >= 11 is 0. The Morgan fingerprint density at radius 2 is 1.88 bits per heavy atom. The maximum Gasteiger partial charge on any atom is 0.330 e. The maximum absolute atomic E-state index is 11.4. The van der Waals surface area contributed by atoms with Gasteiger partial charge in [0.2, 0.25) is 0 Å². The highest BCUT2D eigenvalue weighted by Gasteiger charge is 2.23. The SMILES string of the molecule is CCC(C)C(N)C(=O)OC(=O)CCCC(=O)O. The third-order valence-electron chi connectivity index (χ3n) is 2.52. The molecule has 2 unspecified atom stereocenters. The van der Waals surface area contributed by atoms with Crippen LogP contribution in [0, 0.1) is 5.92 Å². The summed E-state index contributed by atoms with van der Waals surface area (Å²) in [5.74, 6) is -2.52. The number of carboxylic acids is 1. The minimum absolute atomic E-state index is 0.0608. The number of carbonyl (C=O) groups is 3. The summed E-state index contributed by atoms with van der Waals surface area (Å²) in [4.78, 5) is 32.7. The van der Waals surface area contributed by atoms with Gasteiger partial charge in [-0.25, -0.2) is 4.79 Å². The molecule has 0 aliphatic carbocycles. The molecule has 0 heterocycles. The molecular weight excluding hydrogens is 226 g/mol. The Hall–Kier alpha value is -1.43. The number of carboxylic acid groups (broad SMARTS) is 1. The van der Waals surface area contributed by atoms with Gasteiger partial charge in [-0.3, -0.25) is 9.59 Å². The summed E-state index contributed by atoms with van der Waals surface area (Å²) in [5, 5.41) is 8.36. The number of carbonyl (C=O) groups excluding carboxylic acids is 2. The van der Waals surface area contributed by atoms with Crippen LogP contribution in [0.4, 0.5) is 0 Å². The number of rotatable bonds is 7. The standard InChI is InChI=1S/C11H19NO5/c1-3-7(2)10(12)11(16)17-9(15)6-4-5-8(13)14/h7,10H,3-6,12H2,1-2H3,(H,13,14). The molecule has 0 saturated heterocycles. The van der Waals surface area contributed by atoms with Crippen LogP contribution >= 0.6 is 0 Å². The quantitative estimate of drug-likeness (QED) is 0.504. The summed E-state index contributed by atoms with van der Waals surface area (Å²) in [6.07, 6.45) is 0.648. The fourth-order valence-electron chi connectivity index (χ4n) is 1.10. The van der Waals surface area contributed by atoms with Crippen molar-refractivity contribution in [2.75, 3.05) is 0 Å². The van der Waals surface area contributed by atoms with Gasteiger partial charge in [0, 0.05) is 12.8 Å². The molecular formula is C11H19NO5. The summed E-state index contributed by atoms with van der Waals surface area (Å²) in [6.45, 7) is 3.67. The fourth-order valence-corrected chi connectivity index (χ4v) is 1.10. The monoisotopic (exact) mass is 245 g/mol. The van der Waals surface area contributed by atoms with Gasteiger partial charge < -0.3 is 15.6 Å². The second-order valence-electron chi connectivity index (χ2n) is 3.95. The number of esters is 2. The van der Waals surface area contributed by atoms with E-state index in [-0.39, 0.29) is 25.2 Å². The highest BCUT2D eigenvalue weighted by Crippen LogP contribution is 2.07. The van der Waals surface area contributed by atoms with Gasteiger partial charge >= 0.3 is 17.9 Å². The van der Waals surface area contributed by atoms with Gasteiger partial charge in [-0.1, -0.05) is 20.3 Å². The lowest BCUT2D eigenvalue weighted by molar-refractivity contribution is -0.161. The van der Waals surface area contributed by atoms with Crippen molar-refractivity contribution in [3.63, 3.8) is 0 Å². The first-order valence-electron chi connectivity index (χ1n) is 5.60. The van der Waals surface area contributed by atoms with Crippen LogP contribution in [0.2, 0.25) is 0 Å². The van der Waals surface area contributed by atoms with Crippen LogP contribution in [-0.4, -0.2) is 29.1 Å². The Kier molecular flexibility index (Phi) is 7.13. The highest BCUT2D eigenvalue weighted by molar-refractivity contribution is 5.88. The van der Waals surface area contributed by atoms with E-state index >= 15 is 0 Å². The zero-order valence-corrected chi connectivity index (χ0v) is 10.1. The van der Waals surface area contributed by atoms with E-state index in [1.54, 1.807) is 6.92 Å². The van der Waals surface area contributed by atoms with Gasteiger partial charge in [0.1, 0.15) is 6.04 Å². The number of aliphatic carboxylic acids is 1. The van der Waals surface area contributed by atoms with Crippen molar-refractivity contribution in [2.24, 2.45) is 11.7 Å². The van der Waals surface area contributed by atoms with Crippen LogP contribution in [0.25, 0.3) is 0 Å². The summed E-state index contributed by atoms with van der Waals surface area (Å²) < 4.78 is 4.52. The highest BCUT2D eigenvalue weighted by atomic mass is 16.6. The van der Waals surface area contributed by atoms with E-state index in [2.05, 4.69) is 4.74 Å². The summed E-state index contributed by atoms with van der Waals surface area (Å²) in [7, 11) is 0. The first-order chi connectivity index (χ1) is 7.88. The lowest BCUT2D eigenvalue weighted by atomic mass is 10.0. The van der Waals surface area contributed by atoms with E-state index in [4.69, 9.17) is 10.8 Å². The van der Waals surface area contributed by atoms with Gasteiger partial charge in [-0.15, -0.1) is 0 Å². The van der Waals surface area contributed by atoms with E-state index in [0.717, 1.165) is 0 Å². The molecule has 3 N–H and O–H groups in total. The van der Waals surface area contributed by atoms with E-state index in [1.165, 1.54) is 0 Å². The summed E-state index contributed by atoms with van der Waals surface area (Å²) in [6, 6.07) is -0.816. The van der Waals surface area contributed by atoms with Gasteiger partial charge in [0.05, 0.1) is 0 Å². The van der Waals surface area contributed by atoms with Crippen molar-refractivity contribution < 1.29 is 24.2 Å². The molecule has 0 aromatic rings. The Bertz CT molecular complexity index is 290. The Morgan fingerprint density at radius 3 is 2.35 bits per heavy atom. The zero-order chi connectivity index (χ0) is 13.4. The van der Waals surface area contributed by atoms with Crippen molar-refractivity contribution >= 4 is 17.9 Å². The van der Waals surface area contributed by atoms with Crippen LogP contribution in [0.15, 0.2) is 0 Å². The lowest BCUT2D eigenvalue weighted by Gasteiger charge is -2.15. The third kappa shape index (κ3) is 6.68. The second-order valence-corrected chi connectivity index (χ2v) is 3.95. The average molecular weight is 245 g/mol. The van der Waals surface area contributed by atoms with Crippen molar-refractivity contribution in [1.29, 1.82) is 0 Å². The van der Waals surface area contributed by atoms with E-state index in [0.29, 0.717) is 6.42 Å². The molecule has 0 radical (unpaired) electrons. The molecule has 17 heavy (non-hydrogen) atoms. The van der Waals surface area contributed by atoms with Gasteiger partial charge in [0.25, 0.3) is 0 Å². The van der Waals surface area contributed by atoms with Crippen molar-refractivity contribution in [2.45, 2.75) is 45.6 Å². The minimum atomic E-state index is -0.986. The molecule has 0 aromatic carbocycles. The topological polar surface area (TPSA) is 107 Å². The Morgan fingerprint density at radius 1 is 1.29 bits per heavy atom. The van der Waals surface area contributed by atoms with Gasteiger partial charge in [0.15, 0.2) is 0 Å². The van der Waals surface area contributed by atoms with E-state index in [1.807, 2.05) is 6.92 Å². The number of hydrogen-bond donors (Lipinski definition) is 2. The maximum atomic E-state index is 11.4. The normalized spacial score (nSPS) is 13.8. The molecule has 6 nitrogen and oxygen atoms in total. The molecule has 0 saturated carbocycles. The smallest absolute Gasteiger partial charge is 0.330 e. The van der Waals surface area contributed by atoms with Crippen LogP contribution in [0.5, 0.6) is 0 Å². The first kappa shape index (κ1) is 15.6. The molecule has 0 aliphatic rings. The Balaban J connectivity index is 3.95. The largest absolute Gasteiger partial charge is 0.481 e. The molecule has 0 rings (SSSR count). The second kappa shape index (κ2) is 7.78. The molecule has 0 amide bonds. The van der Waals surface area contributed by atoms with Gasteiger partial charge in [-0.2, -0.15) is 0 Å². The minimum Gasteiger partial charge on any atom is -0.481 e. The zero-order valence-electron chi connectivity index (χ0n) is 10.1. The molecule has 6 heteroatoms. The number of nitrogens with two attached hydrogens (primary N) is 1. The van der Waals surface area contributed by atoms with Gasteiger partial charge in [-0.05, 0) is 12.3 Å². The van der Waals surface area contributed by atoms with Crippen LogP contribution in [0.1, 0.15) is 39.5 Å². The number of ether oxygens (including phenoxy) is 1. The molecule has 0 spiro atoms. The van der Waals surface area contributed by atoms with E-state index < -0.39 is 23.9 Å². The summed E-state index contributed by atoms with van der Waals surface area (Å²) in [5.41, 5.74) is 5.58. The predicted molar refractivity (Wildman–Crippen MR) is 60.0 cm³/mol. The first-order valence-corrected chi connectivity index (χ1v) is 5.60. The van der Waals surface area contributed by atoms with Crippen LogP contribution < -0.4 is 5.73 Å². The van der Waals surface area contributed by atoms with E-state index in [9.17, 15) is 14.4 Å². The third-order valence-corrected chi connectivity index (χ3v) is 2.52. The predicted octanol–water partition coefficient (Wildman–Crippen LogP) is 0.684. The van der Waals surface area contributed by atoms with Crippen LogP contribution in [0.3, 0.4) is 0 Å². The fraction of sp³-hybridized carbons (Fsp3) is 0.727. The van der Waals surface area contributed by atoms with Crippen molar-refractivity contribution in [1.82, 2.24) is 0 Å². The average Bonchev–Trinajstić information content (AvgIpc) is 2.26. The van der Waals surface area contributed by atoms with Crippen LogP contribution in [-0.2, 0) is 19.1 Å². The Labute approximate surface area is 100 Å². The molecule has 0 fully saturated rings. The molecule has 2 atom stereocenters. The molecule has 0 aliphatic heterocycles. The lowest BCUT2D eigenvalue weighted by Crippen LogP contribution is -2.39.